The maximum Gasteiger partial charge on any atom is 0.573 e. The zero-order valence-corrected chi connectivity index (χ0v) is 13.4. The summed E-state index contributed by atoms with van der Waals surface area (Å²) < 4.78 is 80.6. The highest BCUT2D eigenvalue weighted by Crippen LogP contribution is 2.31. The molecular weight excluding hydrogens is 358 g/mol. The normalized spacial score (nSPS) is 14.9. The highest BCUT2D eigenvalue weighted by atomic mass is 32.2. The number of benzene rings is 1. The van der Waals surface area contributed by atoms with Crippen LogP contribution in [0.15, 0.2) is 23.1 Å². The molecule has 0 spiro atoms. The van der Waals surface area contributed by atoms with Crippen LogP contribution in [0.5, 0.6) is 5.75 Å². The van der Waals surface area contributed by atoms with Gasteiger partial charge in [0.1, 0.15) is 11.9 Å². The molecule has 0 saturated carbocycles. The van der Waals surface area contributed by atoms with E-state index in [-0.39, 0.29) is 6.42 Å². The minimum absolute atomic E-state index is 0.267. The Morgan fingerprint density at radius 2 is 1.96 bits per heavy atom. The summed E-state index contributed by atoms with van der Waals surface area (Å²) in [6.45, 7) is 3.02. The van der Waals surface area contributed by atoms with Crippen molar-refractivity contribution >= 4 is 16.0 Å². The molecule has 0 aliphatic heterocycles. The summed E-state index contributed by atoms with van der Waals surface area (Å²) in [5.41, 5.74) is 0. The SMILES string of the molecule is CC[C@H](C)[C@H](NS(=O)(=O)c1c(F)cccc1OC(F)(F)F)C(=O)O. The molecule has 136 valence electrons. The van der Waals surface area contributed by atoms with E-state index in [4.69, 9.17) is 5.11 Å². The lowest BCUT2D eigenvalue weighted by Gasteiger charge is -2.21. The van der Waals surface area contributed by atoms with Gasteiger partial charge in [-0.25, -0.2) is 12.8 Å². The topological polar surface area (TPSA) is 92.7 Å². The number of carboxylic acids is 1. The van der Waals surface area contributed by atoms with Gasteiger partial charge in [-0.05, 0) is 18.1 Å². The van der Waals surface area contributed by atoms with E-state index in [9.17, 15) is 30.8 Å². The fraction of sp³-hybridized carbons (Fsp3) is 0.462. The number of nitrogens with one attached hydrogen (secondary N) is 1. The Morgan fingerprint density at radius 3 is 2.42 bits per heavy atom. The first kappa shape index (κ1) is 20.2. The zero-order chi connectivity index (χ0) is 18.7. The molecule has 0 aliphatic rings. The van der Waals surface area contributed by atoms with Crippen LogP contribution in [0.1, 0.15) is 20.3 Å². The molecule has 0 bridgehead atoms. The first-order valence-electron chi connectivity index (χ1n) is 6.68. The Bertz CT molecular complexity index is 705. The first-order chi connectivity index (χ1) is 10.9. The van der Waals surface area contributed by atoms with Gasteiger partial charge < -0.3 is 9.84 Å². The van der Waals surface area contributed by atoms with Crippen LogP contribution in [0.4, 0.5) is 17.6 Å². The van der Waals surface area contributed by atoms with Crippen molar-refractivity contribution in [2.24, 2.45) is 5.92 Å². The number of halogens is 4. The van der Waals surface area contributed by atoms with Crippen LogP contribution in [-0.2, 0) is 14.8 Å². The summed E-state index contributed by atoms with van der Waals surface area (Å²) in [5.74, 6) is -5.01. The monoisotopic (exact) mass is 373 g/mol. The number of rotatable bonds is 7. The molecule has 0 saturated heterocycles. The van der Waals surface area contributed by atoms with Crippen LogP contribution in [-0.4, -0.2) is 31.9 Å². The van der Waals surface area contributed by atoms with Crippen LogP contribution >= 0.6 is 0 Å². The van der Waals surface area contributed by atoms with Gasteiger partial charge in [-0.2, -0.15) is 4.72 Å². The second-order valence-corrected chi connectivity index (χ2v) is 6.59. The molecule has 1 rings (SSSR count). The van der Waals surface area contributed by atoms with Crippen LogP contribution in [0, 0.1) is 11.7 Å². The van der Waals surface area contributed by atoms with E-state index in [2.05, 4.69) is 4.74 Å². The molecule has 6 nitrogen and oxygen atoms in total. The van der Waals surface area contributed by atoms with Crippen molar-refractivity contribution in [3.8, 4) is 5.75 Å². The average Bonchev–Trinajstić information content (AvgIpc) is 2.41. The molecule has 0 radical (unpaired) electrons. The number of alkyl halides is 3. The minimum atomic E-state index is -5.25. The third kappa shape index (κ3) is 5.06. The second-order valence-electron chi connectivity index (χ2n) is 4.94. The Labute approximate surface area is 135 Å². The van der Waals surface area contributed by atoms with E-state index in [0.717, 1.165) is 6.07 Å². The van der Waals surface area contributed by atoms with E-state index in [1.807, 2.05) is 0 Å². The molecule has 0 heterocycles. The lowest BCUT2D eigenvalue weighted by Crippen LogP contribution is -2.45. The van der Waals surface area contributed by atoms with E-state index < -0.39 is 50.8 Å². The van der Waals surface area contributed by atoms with Gasteiger partial charge in [-0.1, -0.05) is 26.3 Å². The lowest BCUT2D eigenvalue weighted by molar-refractivity contribution is -0.275. The Kier molecular flexibility index (Phi) is 6.17. The van der Waals surface area contributed by atoms with Crippen molar-refractivity contribution in [3.63, 3.8) is 0 Å². The third-order valence-corrected chi connectivity index (χ3v) is 4.68. The molecule has 0 unspecified atom stereocenters. The van der Waals surface area contributed by atoms with Crippen LogP contribution in [0.2, 0.25) is 0 Å². The van der Waals surface area contributed by atoms with Gasteiger partial charge >= 0.3 is 12.3 Å². The molecule has 0 aromatic heterocycles. The highest BCUT2D eigenvalue weighted by molar-refractivity contribution is 7.89. The van der Waals surface area contributed by atoms with Crippen molar-refractivity contribution in [2.75, 3.05) is 0 Å². The van der Waals surface area contributed by atoms with Crippen molar-refractivity contribution in [2.45, 2.75) is 37.6 Å². The van der Waals surface area contributed by atoms with Crippen molar-refractivity contribution < 1.29 is 40.6 Å². The average molecular weight is 373 g/mol. The van der Waals surface area contributed by atoms with Gasteiger partial charge in [0.25, 0.3) is 0 Å². The number of ether oxygens (including phenoxy) is 1. The molecule has 2 N–H and O–H groups in total. The van der Waals surface area contributed by atoms with Gasteiger partial charge in [0.15, 0.2) is 10.6 Å². The number of sulfonamides is 1. The van der Waals surface area contributed by atoms with Crippen molar-refractivity contribution in [3.05, 3.63) is 24.0 Å². The maximum absolute atomic E-state index is 13.8. The lowest BCUT2D eigenvalue weighted by atomic mass is 10.0. The van der Waals surface area contributed by atoms with Crippen molar-refractivity contribution in [1.29, 1.82) is 0 Å². The third-order valence-electron chi connectivity index (χ3n) is 3.19. The predicted octanol–water partition coefficient (Wildman–Crippen LogP) is 2.50. The molecule has 1 aromatic carbocycles. The second kappa shape index (κ2) is 7.34. The number of hydrogen-bond donors (Lipinski definition) is 2. The fourth-order valence-electron chi connectivity index (χ4n) is 1.83. The molecule has 0 amide bonds. The zero-order valence-electron chi connectivity index (χ0n) is 12.6. The summed E-state index contributed by atoms with van der Waals surface area (Å²) >= 11 is 0. The van der Waals surface area contributed by atoms with E-state index in [0.29, 0.717) is 12.1 Å². The molecule has 2 atom stereocenters. The summed E-state index contributed by atoms with van der Waals surface area (Å²) in [6.07, 6.45) is -4.98. The summed E-state index contributed by atoms with van der Waals surface area (Å²) in [6, 6.07) is 0.429. The maximum atomic E-state index is 13.8. The van der Waals surface area contributed by atoms with Crippen LogP contribution < -0.4 is 9.46 Å². The van der Waals surface area contributed by atoms with Crippen molar-refractivity contribution in [1.82, 2.24) is 4.72 Å². The van der Waals surface area contributed by atoms with Gasteiger partial charge in [-0.3, -0.25) is 4.79 Å². The van der Waals surface area contributed by atoms with Gasteiger partial charge in [0, 0.05) is 0 Å². The number of carbonyl (C=O) groups is 1. The van der Waals surface area contributed by atoms with Gasteiger partial charge in [0.05, 0.1) is 0 Å². The molecule has 11 heteroatoms. The van der Waals surface area contributed by atoms with E-state index in [1.54, 1.807) is 11.6 Å². The quantitative estimate of drug-likeness (QED) is 0.717. The largest absolute Gasteiger partial charge is 0.573 e. The summed E-state index contributed by atoms with van der Waals surface area (Å²) in [7, 11) is -4.92. The van der Waals surface area contributed by atoms with E-state index >= 15 is 0 Å². The molecule has 0 fully saturated rings. The highest BCUT2D eigenvalue weighted by Gasteiger charge is 2.37. The van der Waals surface area contributed by atoms with Crippen LogP contribution in [0.3, 0.4) is 0 Å². The predicted molar refractivity (Wildman–Crippen MR) is 74.3 cm³/mol. The molecule has 0 aliphatic carbocycles. The van der Waals surface area contributed by atoms with Gasteiger partial charge in [0.2, 0.25) is 10.0 Å². The van der Waals surface area contributed by atoms with Crippen LogP contribution in [0.25, 0.3) is 0 Å². The molecule has 24 heavy (non-hydrogen) atoms. The minimum Gasteiger partial charge on any atom is -0.480 e. The number of aliphatic carboxylic acids is 1. The summed E-state index contributed by atoms with van der Waals surface area (Å²) in [4.78, 5) is 9.77. The number of hydrogen-bond acceptors (Lipinski definition) is 4. The Morgan fingerprint density at radius 1 is 1.38 bits per heavy atom. The first-order valence-corrected chi connectivity index (χ1v) is 8.16. The fourth-order valence-corrected chi connectivity index (χ4v) is 3.31. The van der Waals surface area contributed by atoms with Gasteiger partial charge in [-0.15, -0.1) is 13.2 Å². The number of carboxylic acid groups (broad SMARTS) is 1. The summed E-state index contributed by atoms with van der Waals surface area (Å²) in [5, 5.41) is 9.08. The van der Waals surface area contributed by atoms with E-state index in [1.165, 1.54) is 6.92 Å². The standard InChI is InChI=1S/C13H15F4NO5S/c1-3-7(2)10(12(19)20)18-24(21,22)11-8(14)5-4-6-9(11)23-13(15,16)17/h4-7,10,18H,3H2,1-2H3,(H,19,20)/t7-,10-/m0/s1. The smallest absolute Gasteiger partial charge is 0.480 e. The Balaban J connectivity index is 3.35. The Hall–Kier alpha value is -1.88. The molecule has 1 aromatic rings. The molecular formula is C13H15F4NO5S.